The van der Waals surface area contributed by atoms with Gasteiger partial charge in [-0.25, -0.2) is 4.79 Å². The van der Waals surface area contributed by atoms with Crippen LogP contribution < -0.4 is 0 Å². The zero-order valence-corrected chi connectivity index (χ0v) is 9.27. The molecule has 0 aliphatic carbocycles. The molecule has 1 amide bonds. The first kappa shape index (κ1) is 12.0. The summed E-state index contributed by atoms with van der Waals surface area (Å²) >= 11 is 0. The van der Waals surface area contributed by atoms with Gasteiger partial charge >= 0.3 is 5.97 Å². The van der Waals surface area contributed by atoms with Gasteiger partial charge in [0.05, 0.1) is 0 Å². The van der Waals surface area contributed by atoms with Crippen LogP contribution in [0.4, 0.5) is 0 Å². The van der Waals surface area contributed by atoms with E-state index in [0.29, 0.717) is 25.9 Å². The van der Waals surface area contributed by atoms with Gasteiger partial charge < -0.3 is 14.9 Å². The molecule has 15 heavy (non-hydrogen) atoms. The maximum atomic E-state index is 11.3. The standard InChI is InChI=1S/C10H18N2O3/c1-3-5-12(8-13)10(9(14)15)4-6-11(2)7-10/h8H,3-7H2,1-2H3,(H,14,15). The summed E-state index contributed by atoms with van der Waals surface area (Å²) in [6, 6.07) is 0. The van der Waals surface area contributed by atoms with E-state index < -0.39 is 11.5 Å². The van der Waals surface area contributed by atoms with Crippen molar-refractivity contribution < 1.29 is 14.7 Å². The van der Waals surface area contributed by atoms with Gasteiger partial charge in [-0.15, -0.1) is 0 Å². The summed E-state index contributed by atoms with van der Waals surface area (Å²) in [5, 5.41) is 9.28. The van der Waals surface area contributed by atoms with Gasteiger partial charge in [-0.2, -0.15) is 0 Å². The number of aliphatic carboxylic acids is 1. The van der Waals surface area contributed by atoms with Crippen LogP contribution in [0.2, 0.25) is 0 Å². The molecule has 0 bridgehead atoms. The normalized spacial score (nSPS) is 26.5. The van der Waals surface area contributed by atoms with Gasteiger partial charge in [0.1, 0.15) is 0 Å². The van der Waals surface area contributed by atoms with Crippen molar-refractivity contribution in [1.29, 1.82) is 0 Å². The molecule has 1 saturated heterocycles. The maximum Gasteiger partial charge on any atom is 0.331 e. The lowest BCUT2D eigenvalue weighted by Gasteiger charge is -2.34. The first-order valence-electron chi connectivity index (χ1n) is 5.21. The number of nitrogens with zero attached hydrogens (tertiary/aromatic N) is 2. The van der Waals surface area contributed by atoms with Crippen molar-refractivity contribution in [2.45, 2.75) is 25.3 Å². The Labute approximate surface area is 89.7 Å². The SMILES string of the molecule is CCCN(C=O)C1(C(=O)O)CCN(C)C1. The minimum absolute atomic E-state index is 0.418. The van der Waals surface area contributed by atoms with E-state index in [1.165, 1.54) is 4.90 Å². The summed E-state index contributed by atoms with van der Waals surface area (Å²) < 4.78 is 0. The molecule has 1 N–H and O–H groups in total. The Balaban J connectivity index is 2.89. The highest BCUT2D eigenvalue weighted by Crippen LogP contribution is 2.26. The monoisotopic (exact) mass is 214 g/mol. The van der Waals surface area contributed by atoms with Crippen LogP contribution in [-0.2, 0) is 9.59 Å². The fraction of sp³-hybridized carbons (Fsp3) is 0.800. The third kappa shape index (κ3) is 2.12. The van der Waals surface area contributed by atoms with Gasteiger partial charge in [-0.05, 0) is 19.9 Å². The smallest absolute Gasteiger partial charge is 0.331 e. The van der Waals surface area contributed by atoms with E-state index in [-0.39, 0.29) is 0 Å². The molecule has 1 aliphatic rings. The number of carboxylic acid groups (broad SMARTS) is 1. The molecule has 0 aromatic rings. The third-order valence-corrected chi connectivity index (χ3v) is 2.98. The Morgan fingerprint density at radius 1 is 1.67 bits per heavy atom. The largest absolute Gasteiger partial charge is 0.479 e. The Morgan fingerprint density at radius 3 is 2.67 bits per heavy atom. The average Bonchev–Trinajstić information content (AvgIpc) is 2.58. The van der Waals surface area contributed by atoms with Crippen molar-refractivity contribution >= 4 is 12.4 Å². The summed E-state index contributed by atoms with van der Waals surface area (Å²) in [5.74, 6) is -0.896. The van der Waals surface area contributed by atoms with E-state index >= 15 is 0 Å². The number of carbonyl (C=O) groups excluding carboxylic acids is 1. The van der Waals surface area contributed by atoms with E-state index in [1.54, 1.807) is 0 Å². The van der Waals surface area contributed by atoms with Gasteiger partial charge in [-0.1, -0.05) is 6.92 Å². The van der Waals surface area contributed by atoms with Crippen molar-refractivity contribution in [2.75, 3.05) is 26.7 Å². The molecule has 0 aromatic carbocycles. The fourth-order valence-electron chi connectivity index (χ4n) is 2.12. The quantitative estimate of drug-likeness (QED) is 0.655. The summed E-state index contributed by atoms with van der Waals surface area (Å²) in [7, 11) is 1.87. The molecule has 0 radical (unpaired) electrons. The lowest BCUT2D eigenvalue weighted by molar-refractivity contribution is -0.154. The van der Waals surface area contributed by atoms with Crippen molar-refractivity contribution in [3.63, 3.8) is 0 Å². The maximum absolute atomic E-state index is 11.3. The molecule has 5 heteroatoms. The first-order valence-corrected chi connectivity index (χ1v) is 5.21. The van der Waals surface area contributed by atoms with E-state index in [9.17, 15) is 14.7 Å². The van der Waals surface area contributed by atoms with Crippen molar-refractivity contribution in [1.82, 2.24) is 9.80 Å². The lowest BCUT2D eigenvalue weighted by Crippen LogP contribution is -2.56. The number of likely N-dealkylation sites (N-methyl/N-ethyl adjacent to an activating group) is 1. The first-order chi connectivity index (χ1) is 7.06. The van der Waals surface area contributed by atoms with Gasteiger partial charge in [0.15, 0.2) is 5.54 Å². The van der Waals surface area contributed by atoms with Crippen LogP contribution in [0.5, 0.6) is 0 Å². The molecule has 0 aromatic heterocycles. The fourth-order valence-corrected chi connectivity index (χ4v) is 2.12. The van der Waals surface area contributed by atoms with E-state index in [2.05, 4.69) is 0 Å². The van der Waals surface area contributed by atoms with Gasteiger partial charge in [0.2, 0.25) is 6.41 Å². The van der Waals surface area contributed by atoms with Crippen molar-refractivity contribution in [2.24, 2.45) is 0 Å². The number of rotatable bonds is 5. The predicted octanol–water partition coefficient (Wildman–Crippen LogP) is 0.0137. The van der Waals surface area contributed by atoms with Crippen molar-refractivity contribution in [3.8, 4) is 0 Å². The van der Waals surface area contributed by atoms with E-state index in [0.717, 1.165) is 13.0 Å². The molecule has 1 rings (SSSR count). The van der Waals surface area contributed by atoms with Gasteiger partial charge in [0.25, 0.3) is 0 Å². The second-order valence-corrected chi connectivity index (χ2v) is 4.12. The molecular weight excluding hydrogens is 196 g/mol. The Morgan fingerprint density at radius 2 is 2.33 bits per heavy atom. The Bertz CT molecular complexity index is 257. The van der Waals surface area contributed by atoms with Gasteiger partial charge in [0, 0.05) is 19.6 Å². The lowest BCUT2D eigenvalue weighted by atomic mass is 9.96. The molecule has 1 fully saturated rings. The summed E-state index contributed by atoms with van der Waals surface area (Å²) in [5.41, 5.74) is -1.01. The predicted molar refractivity (Wildman–Crippen MR) is 55.5 cm³/mol. The van der Waals surface area contributed by atoms with Crippen LogP contribution in [-0.4, -0.2) is 59.5 Å². The molecule has 1 aliphatic heterocycles. The minimum atomic E-state index is -1.01. The molecular formula is C10H18N2O3. The summed E-state index contributed by atoms with van der Waals surface area (Å²) in [6.45, 7) is 3.58. The number of hydrogen-bond donors (Lipinski definition) is 1. The Hall–Kier alpha value is -1.10. The van der Waals surface area contributed by atoms with Crippen LogP contribution in [0.25, 0.3) is 0 Å². The second-order valence-electron chi connectivity index (χ2n) is 4.12. The zero-order chi connectivity index (χ0) is 11.5. The van der Waals surface area contributed by atoms with Crippen LogP contribution in [0, 0.1) is 0 Å². The van der Waals surface area contributed by atoms with E-state index in [1.807, 2.05) is 18.9 Å². The molecule has 1 heterocycles. The highest BCUT2D eigenvalue weighted by atomic mass is 16.4. The number of carbonyl (C=O) groups is 2. The van der Waals surface area contributed by atoms with Crippen LogP contribution in [0.3, 0.4) is 0 Å². The van der Waals surface area contributed by atoms with Crippen molar-refractivity contribution in [3.05, 3.63) is 0 Å². The van der Waals surface area contributed by atoms with Crippen LogP contribution >= 0.6 is 0 Å². The topological polar surface area (TPSA) is 60.9 Å². The van der Waals surface area contributed by atoms with E-state index in [4.69, 9.17) is 0 Å². The molecule has 0 saturated carbocycles. The minimum Gasteiger partial charge on any atom is -0.479 e. The number of amides is 1. The summed E-state index contributed by atoms with van der Waals surface area (Å²) in [6.07, 6.45) is 1.95. The number of carboxylic acids is 1. The molecule has 1 atom stereocenters. The van der Waals surface area contributed by atoms with Crippen LogP contribution in [0.15, 0.2) is 0 Å². The number of likely N-dealkylation sites (tertiary alicyclic amines) is 1. The second kappa shape index (κ2) is 4.61. The Kier molecular flexibility index (Phi) is 3.68. The average molecular weight is 214 g/mol. The molecule has 86 valence electrons. The van der Waals surface area contributed by atoms with Crippen LogP contribution in [0.1, 0.15) is 19.8 Å². The zero-order valence-electron chi connectivity index (χ0n) is 9.27. The van der Waals surface area contributed by atoms with Gasteiger partial charge in [-0.3, -0.25) is 4.79 Å². The molecule has 1 unspecified atom stereocenters. The third-order valence-electron chi connectivity index (χ3n) is 2.98. The number of hydrogen-bond acceptors (Lipinski definition) is 3. The summed E-state index contributed by atoms with van der Waals surface area (Å²) in [4.78, 5) is 25.6. The highest BCUT2D eigenvalue weighted by molar-refractivity contribution is 5.82. The highest BCUT2D eigenvalue weighted by Gasteiger charge is 2.48. The molecule has 0 spiro atoms. The molecule has 5 nitrogen and oxygen atoms in total.